The van der Waals surface area contributed by atoms with Crippen molar-refractivity contribution in [2.75, 3.05) is 0 Å². The fraction of sp³-hybridized carbons (Fsp3) is 0. The number of rotatable bonds is 4. The summed E-state index contributed by atoms with van der Waals surface area (Å²) in [4.78, 5) is 15.8. The van der Waals surface area contributed by atoms with Crippen molar-refractivity contribution < 1.29 is 4.42 Å². The van der Waals surface area contributed by atoms with Gasteiger partial charge in [0.15, 0.2) is 17.5 Å². The van der Waals surface area contributed by atoms with Crippen LogP contribution in [-0.2, 0) is 0 Å². The Hall–Kier alpha value is -7.15. The van der Waals surface area contributed by atoms with Gasteiger partial charge < -0.3 is 8.98 Å². The first-order chi connectivity index (χ1) is 27.3. The number of hydrogen-bond donors (Lipinski definition) is 0. The Bertz CT molecular complexity index is 3450. The summed E-state index contributed by atoms with van der Waals surface area (Å²) in [6, 6.07) is 59.5. The highest BCUT2D eigenvalue weighted by atomic mass is 32.1. The minimum atomic E-state index is 0.602. The van der Waals surface area contributed by atoms with Crippen LogP contribution in [0.15, 0.2) is 174 Å². The molecule has 256 valence electrons. The van der Waals surface area contributed by atoms with Crippen LogP contribution < -0.4 is 0 Å². The Morgan fingerprint density at radius 3 is 1.87 bits per heavy atom. The number of para-hydroxylation sites is 2. The van der Waals surface area contributed by atoms with Gasteiger partial charge in [0.2, 0.25) is 0 Å². The molecule has 5 nitrogen and oxygen atoms in total. The van der Waals surface area contributed by atoms with Crippen LogP contribution in [0, 0.1) is 0 Å². The molecule has 0 aliphatic heterocycles. The summed E-state index contributed by atoms with van der Waals surface area (Å²) in [6.45, 7) is 0. The zero-order chi connectivity index (χ0) is 36.0. The van der Waals surface area contributed by atoms with Crippen LogP contribution >= 0.6 is 11.3 Å². The lowest BCUT2D eigenvalue weighted by Crippen LogP contribution is -2.01. The summed E-state index contributed by atoms with van der Waals surface area (Å²) in [5, 5.41) is 8.91. The zero-order valence-corrected chi connectivity index (χ0v) is 30.1. The van der Waals surface area contributed by atoms with Gasteiger partial charge in [0.1, 0.15) is 11.2 Å². The number of benzene rings is 8. The predicted octanol–water partition coefficient (Wildman–Crippen LogP) is 13.4. The van der Waals surface area contributed by atoms with Crippen LogP contribution in [0.4, 0.5) is 0 Å². The molecule has 0 fully saturated rings. The summed E-state index contributed by atoms with van der Waals surface area (Å²) >= 11 is 1.79. The van der Waals surface area contributed by atoms with Crippen molar-refractivity contribution in [1.82, 2.24) is 19.5 Å². The third-order valence-corrected chi connectivity index (χ3v) is 12.0. The normalized spacial score (nSPS) is 12.0. The van der Waals surface area contributed by atoms with Gasteiger partial charge in [-0.05, 0) is 47.9 Å². The fourth-order valence-electron chi connectivity index (χ4n) is 8.41. The second-order valence-corrected chi connectivity index (χ2v) is 15.0. The van der Waals surface area contributed by atoms with Gasteiger partial charge >= 0.3 is 0 Å². The van der Waals surface area contributed by atoms with Crippen LogP contribution in [0.25, 0.3) is 115 Å². The van der Waals surface area contributed by atoms with Crippen molar-refractivity contribution >= 4 is 86.0 Å². The Balaban J connectivity index is 1.15. The van der Waals surface area contributed by atoms with Gasteiger partial charge in [-0.1, -0.05) is 121 Å². The minimum absolute atomic E-state index is 0.602. The fourth-order valence-corrected chi connectivity index (χ4v) is 9.54. The number of hydrogen-bond acceptors (Lipinski definition) is 5. The van der Waals surface area contributed by atoms with E-state index in [2.05, 4.69) is 156 Å². The lowest BCUT2D eigenvalue weighted by atomic mass is 9.99. The molecule has 8 aromatic carbocycles. The van der Waals surface area contributed by atoms with E-state index in [-0.39, 0.29) is 0 Å². The van der Waals surface area contributed by atoms with Crippen molar-refractivity contribution in [3.63, 3.8) is 0 Å². The van der Waals surface area contributed by atoms with E-state index >= 15 is 0 Å². The Morgan fingerprint density at radius 1 is 0.436 bits per heavy atom. The standard InChI is InChI=1S/C49H28N4OS/c1-2-13-29(14-3-1)47-50-48(37-20-12-24-43-44(37)36-19-8-11-23-42(36)55-43)52-49(51-47)38-27-30-15-4-5-16-32(30)46-45(38)35-26-25-31(28-41(35)54-46)53-39-21-9-6-17-33(39)34-18-7-10-22-40(34)53/h1-28H. The molecule has 0 unspecified atom stereocenters. The number of nitrogens with zero attached hydrogens (tertiary/aromatic N) is 4. The highest BCUT2D eigenvalue weighted by molar-refractivity contribution is 7.25. The molecule has 4 heterocycles. The second-order valence-electron chi connectivity index (χ2n) is 14.0. The summed E-state index contributed by atoms with van der Waals surface area (Å²) in [6.07, 6.45) is 0. The van der Waals surface area contributed by atoms with E-state index in [1.54, 1.807) is 11.3 Å². The predicted molar refractivity (Wildman–Crippen MR) is 228 cm³/mol. The summed E-state index contributed by atoms with van der Waals surface area (Å²) in [5.41, 5.74) is 7.80. The van der Waals surface area contributed by atoms with Gasteiger partial charge in [-0.25, -0.2) is 15.0 Å². The SMILES string of the molecule is c1ccc(-c2nc(-c3cccc4sc5ccccc5c34)nc(-c3cc4ccccc4c4oc5cc(-n6c7ccccc7c7ccccc76)ccc5c34)n2)cc1. The van der Waals surface area contributed by atoms with E-state index < -0.39 is 0 Å². The topological polar surface area (TPSA) is 56.7 Å². The van der Waals surface area contributed by atoms with Crippen LogP contribution in [0.1, 0.15) is 0 Å². The Morgan fingerprint density at radius 2 is 1.07 bits per heavy atom. The lowest BCUT2D eigenvalue weighted by Gasteiger charge is -2.11. The van der Waals surface area contributed by atoms with E-state index in [1.807, 2.05) is 18.2 Å². The van der Waals surface area contributed by atoms with Crippen molar-refractivity contribution in [2.45, 2.75) is 0 Å². The molecule has 55 heavy (non-hydrogen) atoms. The summed E-state index contributed by atoms with van der Waals surface area (Å²) < 4.78 is 11.7. The zero-order valence-electron chi connectivity index (χ0n) is 29.3. The molecule has 0 saturated heterocycles. The first-order valence-electron chi connectivity index (χ1n) is 18.4. The van der Waals surface area contributed by atoms with E-state index in [1.165, 1.54) is 25.6 Å². The molecular formula is C49H28N4OS. The van der Waals surface area contributed by atoms with Crippen LogP contribution in [-0.4, -0.2) is 19.5 Å². The van der Waals surface area contributed by atoms with Crippen LogP contribution in [0.2, 0.25) is 0 Å². The maximum absolute atomic E-state index is 6.93. The highest BCUT2D eigenvalue weighted by Gasteiger charge is 2.22. The third-order valence-electron chi connectivity index (χ3n) is 10.8. The van der Waals surface area contributed by atoms with Gasteiger partial charge in [-0.15, -0.1) is 11.3 Å². The van der Waals surface area contributed by atoms with Gasteiger partial charge in [0.25, 0.3) is 0 Å². The smallest absolute Gasteiger partial charge is 0.164 e. The van der Waals surface area contributed by atoms with E-state index in [9.17, 15) is 0 Å². The molecule has 12 rings (SSSR count). The molecule has 0 atom stereocenters. The first kappa shape index (κ1) is 30.3. The molecular weight excluding hydrogens is 693 g/mol. The number of aromatic nitrogens is 4. The van der Waals surface area contributed by atoms with E-state index in [4.69, 9.17) is 19.4 Å². The minimum Gasteiger partial charge on any atom is -0.455 e. The molecule has 0 aliphatic carbocycles. The maximum Gasteiger partial charge on any atom is 0.164 e. The van der Waals surface area contributed by atoms with Crippen LogP contribution in [0.5, 0.6) is 0 Å². The molecule has 0 spiro atoms. The second kappa shape index (κ2) is 11.7. The lowest BCUT2D eigenvalue weighted by molar-refractivity contribution is 0.672. The van der Waals surface area contributed by atoms with Crippen molar-refractivity contribution in [1.29, 1.82) is 0 Å². The van der Waals surface area contributed by atoms with Crippen molar-refractivity contribution in [2.24, 2.45) is 0 Å². The molecule has 4 aromatic heterocycles. The van der Waals surface area contributed by atoms with Gasteiger partial charge in [-0.3, -0.25) is 0 Å². The quantitative estimate of drug-likeness (QED) is 0.182. The van der Waals surface area contributed by atoms with Crippen LogP contribution in [0.3, 0.4) is 0 Å². The monoisotopic (exact) mass is 720 g/mol. The average Bonchev–Trinajstić information content (AvgIpc) is 3.93. The third kappa shape index (κ3) is 4.55. The first-order valence-corrected chi connectivity index (χ1v) is 19.2. The average molecular weight is 721 g/mol. The maximum atomic E-state index is 6.93. The Labute approximate surface area is 318 Å². The van der Waals surface area contributed by atoms with Crippen molar-refractivity contribution in [3.8, 4) is 39.9 Å². The van der Waals surface area contributed by atoms with Crippen molar-refractivity contribution in [3.05, 3.63) is 170 Å². The Kier molecular flexibility index (Phi) is 6.44. The van der Waals surface area contributed by atoms with Gasteiger partial charge in [0, 0.05) is 75.5 Å². The van der Waals surface area contributed by atoms with E-state index in [0.717, 1.165) is 71.5 Å². The molecule has 0 aliphatic rings. The molecule has 12 aromatic rings. The highest BCUT2D eigenvalue weighted by Crippen LogP contribution is 2.44. The summed E-state index contributed by atoms with van der Waals surface area (Å²) in [7, 11) is 0. The molecule has 0 bridgehead atoms. The molecule has 0 amide bonds. The number of fused-ring (bicyclic) bond motifs is 11. The molecule has 0 saturated carbocycles. The van der Waals surface area contributed by atoms with Gasteiger partial charge in [-0.2, -0.15) is 0 Å². The largest absolute Gasteiger partial charge is 0.455 e. The molecule has 6 heteroatoms. The molecule has 0 radical (unpaired) electrons. The van der Waals surface area contributed by atoms with Gasteiger partial charge in [0.05, 0.1) is 11.0 Å². The summed E-state index contributed by atoms with van der Waals surface area (Å²) in [5.74, 6) is 1.87. The molecule has 0 N–H and O–H groups in total. The number of furan rings is 1. The number of thiophene rings is 1. The van der Waals surface area contributed by atoms with E-state index in [0.29, 0.717) is 17.5 Å².